The second kappa shape index (κ2) is 31.9. The number of unbranched alkanes of at least 4 members (excludes halogenated alkanes) is 6. The average Bonchev–Trinajstić information content (AvgIpc) is 3.64. The summed E-state index contributed by atoms with van der Waals surface area (Å²) in [5, 5.41) is 51.9. The number of esters is 2. The first kappa shape index (κ1) is 54.2. The Morgan fingerprint density at radius 3 is 1.61 bits per heavy atom. The van der Waals surface area contributed by atoms with Crippen LogP contribution in [0.25, 0.3) is 0 Å². The summed E-state index contributed by atoms with van der Waals surface area (Å²) in [5.74, 6) is -0.0473. The van der Waals surface area contributed by atoms with Gasteiger partial charge in [0, 0.05) is 25.7 Å². The molecule has 3 rings (SSSR count). The van der Waals surface area contributed by atoms with Gasteiger partial charge in [-0.25, -0.2) is 0 Å². The molecule has 9 atom stereocenters. The number of ketones is 1. The molecule has 0 heterocycles. The van der Waals surface area contributed by atoms with E-state index in [1.807, 2.05) is 64.1 Å². The number of aliphatic hydroxyl groups is 5. The van der Waals surface area contributed by atoms with Gasteiger partial charge in [-0.05, 0) is 147 Å². The van der Waals surface area contributed by atoms with Gasteiger partial charge in [-0.15, -0.1) is 0 Å². The van der Waals surface area contributed by atoms with Gasteiger partial charge in [-0.3, -0.25) is 14.4 Å². The SMILES string of the molecule is CC(C)OC(=O)CCC/C=C\C[C@@H]1[C@@H](CC[C@@H](O)CCc2ccccc2)[C@H](O)C[C@@H]1O.CCCCCCCC(=O)CC[C@@H]1[C@@H](C/C=C\CCCC(=O)OC(C)C)[C@@H](O)C[C@H]1O. The Morgan fingerprint density at radius 2 is 1.10 bits per heavy atom. The van der Waals surface area contributed by atoms with Crippen molar-refractivity contribution in [3.8, 4) is 0 Å². The predicted molar refractivity (Wildman–Crippen MR) is 243 cm³/mol. The number of hydrogen-bond acceptors (Lipinski definition) is 10. The molecule has 0 radical (unpaired) electrons. The molecule has 5 N–H and O–H groups in total. The molecule has 1 aromatic carbocycles. The van der Waals surface area contributed by atoms with Gasteiger partial charge in [0.2, 0.25) is 0 Å². The molecule has 348 valence electrons. The van der Waals surface area contributed by atoms with Crippen molar-refractivity contribution >= 4 is 17.7 Å². The summed E-state index contributed by atoms with van der Waals surface area (Å²) in [6.07, 6.45) is 22.1. The van der Waals surface area contributed by atoms with Gasteiger partial charge in [0.1, 0.15) is 5.78 Å². The van der Waals surface area contributed by atoms with E-state index in [0.29, 0.717) is 77.0 Å². The van der Waals surface area contributed by atoms with Gasteiger partial charge < -0.3 is 35.0 Å². The first-order chi connectivity index (χ1) is 29.2. The van der Waals surface area contributed by atoms with Crippen LogP contribution in [-0.4, -0.2) is 86.0 Å². The Balaban J connectivity index is 0.000000420. The second-order valence-corrected chi connectivity index (χ2v) is 18.2. The fraction of sp³-hybridized carbons (Fsp3) is 0.745. The van der Waals surface area contributed by atoms with Crippen LogP contribution >= 0.6 is 0 Å². The zero-order valence-corrected chi connectivity index (χ0v) is 38.4. The molecule has 0 amide bonds. The fourth-order valence-corrected chi connectivity index (χ4v) is 8.81. The van der Waals surface area contributed by atoms with Crippen LogP contribution in [0.2, 0.25) is 0 Å². The molecule has 0 aliphatic heterocycles. The van der Waals surface area contributed by atoms with Crippen LogP contribution in [0.3, 0.4) is 0 Å². The van der Waals surface area contributed by atoms with Crippen LogP contribution in [0.15, 0.2) is 54.6 Å². The highest BCUT2D eigenvalue weighted by atomic mass is 16.5. The molecule has 61 heavy (non-hydrogen) atoms. The molecule has 0 spiro atoms. The van der Waals surface area contributed by atoms with Crippen LogP contribution in [-0.2, 0) is 30.3 Å². The number of allylic oxidation sites excluding steroid dienone is 4. The summed E-state index contributed by atoms with van der Waals surface area (Å²) in [5.41, 5.74) is 1.22. The standard InChI is InChI=1S/C26H40O5.C25H44O5/c1-19(2)31-26(30)13-9-4-3-8-12-22-23(25(29)18-24(22)28)17-16-21(27)15-14-20-10-6-5-7-11-20;1-4-5-6-7-10-13-20(26)16-17-22-21(23(27)18-24(22)28)14-11-8-9-12-15-25(29)30-19(2)3/h3,5-8,10-11,19,21-25,27-29H,4,9,12-18H2,1-2H3;8,11,19,21-24,27-28H,4-7,9-10,12-18H2,1-3H3/b8-3-;11-8-/t21-,22+,23+,24-,25+;21-,22-,23+,24-/m01/s1. The molecule has 2 saturated carbocycles. The van der Waals surface area contributed by atoms with E-state index in [4.69, 9.17) is 9.47 Å². The maximum atomic E-state index is 12.2. The van der Waals surface area contributed by atoms with Crippen LogP contribution < -0.4 is 0 Å². The lowest BCUT2D eigenvalue weighted by atomic mass is 9.85. The Kier molecular flexibility index (Phi) is 28.3. The lowest BCUT2D eigenvalue weighted by Crippen LogP contribution is -2.23. The molecule has 2 fully saturated rings. The maximum absolute atomic E-state index is 12.2. The monoisotopic (exact) mass is 857 g/mol. The number of hydrogen-bond donors (Lipinski definition) is 5. The van der Waals surface area contributed by atoms with E-state index >= 15 is 0 Å². The molecule has 0 aromatic heterocycles. The number of Topliss-reactive ketones (excluding diaryl/α,β-unsaturated/α-hetero) is 1. The van der Waals surface area contributed by atoms with Gasteiger partial charge in [0.25, 0.3) is 0 Å². The van der Waals surface area contributed by atoms with Crippen molar-refractivity contribution in [2.45, 2.75) is 219 Å². The van der Waals surface area contributed by atoms with Crippen LogP contribution in [0.5, 0.6) is 0 Å². The van der Waals surface area contributed by atoms with Crippen molar-refractivity contribution in [2.75, 3.05) is 0 Å². The van der Waals surface area contributed by atoms with E-state index < -0.39 is 30.5 Å². The van der Waals surface area contributed by atoms with Gasteiger partial charge in [0.05, 0.1) is 42.7 Å². The average molecular weight is 857 g/mol. The minimum absolute atomic E-state index is 0.000453. The van der Waals surface area contributed by atoms with Gasteiger partial charge >= 0.3 is 11.9 Å². The summed E-state index contributed by atoms with van der Waals surface area (Å²) < 4.78 is 10.2. The number of benzene rings is 1. The maximum Gasteiger partial charge on any atom is 0.306 e. The lowest BCUT2D eigenvalue weighted by molar-refractivity contribution is -0.148. The minimum atomic E-state index is -0.526. The zero-order chi connectivity index (χ0) is 45.0. The number of carbonyl (C=O) groups excluding carboxylic acids is 3. The van der Waals surface area contributed by atoms with Crippen LogP contribution in [0.4, 0.5) is 0 Å². The topological polar surface area (TPSA) is 171 Å². The molecule has 0 unspecified atom stereocenters. The number of carbonyl (C=O) groups is 3. The molecular formula is C51H84O10. The minimum Gasteiger partial charge on any atom is -0.463 e. The molecule has 2 aliphatic carbocycles. The van der Waals surface area contributed by atoms with E-state index in [9.17, 15) is 39.9 Å². The molecule has 10 nitrogen and oxygen atoms in total. The quantitative estimate of drug-likeness (QED) is 0.0297. The molecule has 10 heteroatoms. The zero-order valence-electron chi connectivity index (χ0n) is 38.4. The molecule has 1 aromatic rings. The Labute approximate surface area is 368 Å². The van der Waals surface area contributed by atoms with Crippen molar-refractivity contribution in [2.24, 2.45) is 23.7 Å². The van der Waals surface area contributed by atoms with Crippen molar-refractivity contribution < 1.29 is 49.4 Å². The summed E-state index contributed by atoms with van der Waals surface area (Å²) in [7, 11) is 0. The first-order valence-electron chi connectivity index (χ1n) is 23.9. The molecular weight excluding hydrogens is 773 g/mol. The van der Waals surface area contributed by atoms with Gasteiger partial charge in [-0.1, -0.05) is 87.2 Å². The normalized spacial score (nSPS) is 24.4. The number of aryl methyl sites for hydroxylation is 1. The third-order valence-corrected chi connectivity index (χ3v) is 12.2. The Bertz CT molecular complexity index is 1380. The first-order valence-corrected chi connectivity index (χ1v) is 23.9. The Morgan fingerprint density at radius 1 is 0.607 bits per heavy atom. The summed E-state index contributed by atoms with van der Waals surface area (Å²) in [6.45, 7) is 9.56. The number of rotatable bonds is 29. The third kappa shape index (κ3) is 23.9. The van der Waals surface area contributed by atoms with Crippen molar-refractivity contribution in [3.05, 3.63) is 60.2 Å². The van der Waals surface area contributed by atoms with Crippen LogP contribution in [0, 0.1) is 23.7 Å². The lowest BCUT2D eigenvalue weighted by Gasteiger charge is -2.23. The predicted octanol–water partition coefficient (Wildman–Crippen LogP) is 9.31. The number of ether oxygens (including phenoxy) is 2. The number of aliphatic hydroxyl groups excluding tert-OH is 5. The summed E-state index contributed by atoms with van der Waals surface area (Å²) in [6, 6.07) is 10.1. The summed E-state index contributed by atoms with van der Waals surface area (Å²) in [4.78, 5) is 35.3. The smallest absolute Gasteiger partial charge is 0.306 e. The van der Waals surface area contributed by atoms with E-state index in [0.717, 1.165) is 44.9 Å². The van der Waals surface area contributed by atoms with Crippen molar-refractivity contribution in [3.63, 3.8) is 0 Å². The largest absolute Gasteiger partial charge is 0.463 e. The van der Waals surface area contributed by atoms with Crippen LogP contribution in [0.1, 0.15) is 175 Å². The highest BCUT2D eigenvalue weighted by Crippen LogP contribution is 2.39. The third-order valence-electron chi connectivity index (χ3n) is 12.2. The van der Waals surface area contributed by atoms with E-state index in [2.05, 4.69) is 25.1 Å². The summed E-state index contributed by atoms with van der Waals surface area (Å²) >= 11 is 0. The van der Waals surface area contributed by atoms with Gasteiger partial charge in [-0.2, -0.15) is 0 Å². The highest BCUT2D eigenvalue weighted by Gasteiger charge is 2.41. The Hall–Kier alpha value is -2.89. The van der Waals surface area contributed by atoms with Crippen molar-refractivity contribution in [1.29, 1.82) is 0 Å². The second-order valence-electron chi connectivity index (χ2n) is 18.2. The molecule has 2 aliphatic rings. The van der Waals surface area contributed by atoms with E-state index in [-0.39, 0.29) is 53.6 Å². The fourth-order valence-electron chi connectivity index (χ4n) is 8.81. The van der Waals surface area contributed by atoms with Crippen molar-refractivity contribution in [1.82, 2.24) is 0 Å². The van der Waals surface area contributed by atoms with Gasteiger partial charge in [0.15, 0.2) is 0 Å². The molecule has 0 bridgehead atoms. The van der Waals surface area contributed by atoms with E-state index in [1.54, 1.807) is 0 Å². The molecule has 0 saturated heterocycles. The van der Waals surface area contributed by atoms with E-state index in [1.165, 1.54) is 24.8 Å². The highest BCUT2D eigenvalue weighted by molar-refractivity contribution is 5.78.